The summed E-state index contributed by atoms with van der Waals surface area (Å²) in [5, 5.41) is 5.72. The number of hydrogen-bond acceptors (Lipinski definition) is 3. The maximum Gasteiger partial charge on any atom is 0.251 e. The molecule has 0 aliphatic heterocycles. The summed E-state index contributed by atoms with van der Waals surface area (Å²) in [6.07, 6.45) is 0. The Hall–Kier alpha value is -2.82. The van der Waals surface area contributed by atoms with Crippen molar-refractivity contribution < 1.29 is 14.3 Å². The first kappa shape index (κ1) is 19.5. The average Bonchev–Trinajstić information content (AvgIpc) is 2.66. The molecule has 2 amide bonds. The van der Waals surface area contributed by atoms with Crippen LogP contribution in [0, 0.1) is 5.92 Å². The number of carbonyl (C=O) groups excluding carboxylic acids is 2. The molecule has 2 rings (SSSR count). The van der Waals surface area contributed by atoms with Crippen LogP contribution in [0.15, 0.2) is 54.6 Å². The monoisotopic (exact) mass is 354 g/mol. The van der Waals surface area contributed by atoms with Crippen LogP contribution in [-0.2, 0) is 4.79 Å². The number of rotatable bonds is 8. The lowest BCUT2D eigenvalue weighted by molar-refractivity contribution is -0.123. The van der Waals surface area contributed by atoms with Gasteiger partial charge in [0.1, 0.15) is 5.75 Å². The minimum Gasteiger partial charge on any atom is -0.497 e. The molecule has 0 fully saturated rings. The summed E-state index contributed by atoms with van der Waals surface area (Å²) < 4.78 is 5.17. The molecule has 0 radical (unpaired) electrons. The van der Waals surface area contributed by atoms with Crippen LogP contribution in [0.4, 0.5) is 0 Å². The van der Waals surface area contributed by atoms with Gasteiger partial charge in [-0.1, -0.05) is 44.2 Å². The van der Waals surface area contributed by atoms with Gasteiger partial charge in [-0.25, -0.2) is 0 Å². The Labute approximate surface area is 154 Å². The van der Waals surface area contributed by atoms with E-state index in [4.69, 9.17) is 4.74 Å². The second kappa shape index (κ2) is 9.61. The highest BCUT2D eigenvalue weighted by atomic mass is 16.5. The van der Waals surface area contributed by atoms with E-state index in [2.05, 4.69) is 10.6 Å². The van der Waals surface area contributed by atoms with Gasteiger partial charge in [0.15, 0.2) is 0 Å². The average molecular weight is 354 g/mol. The van der Waals surface area contributed by atoms with Crippen LogP contribution < -0.4 is 15.4 Å². The lowest BCUT2D eigenvalue weighted by atomic mass is 9.87. The Balaban J connectivity index is 1.86. The highest BCUT2D eigenvalue weighted by molar-refractivity contribution is 5.94. The zero-order valence-corrected chi connectivity index (χ0v) is 15.5. The molecule has 2 aromatic carbocycles. The van der Waals surface area contributed by atoms with Crippen molar-refractivity contribution >= 4 is 11.8 Å². The normalized spacial score (nSPS) is 11.7. The summed E-state index contributed by atoms with van der Waals surface area (Å²) in [5.41, 5.74) is 1.56. The summed E-state index contributed by atoms with van der Waals surface area (Å²) in [5.74, 6) is 0.489. The highest BCUT2D eigenvalue weighted by Crippen LogP contribution is 2.26. The van der Waals surface area contributed by atoms with E-state index in [1.54, 1.807) is 19.2 Å². The van der Waals surface area contributed by atoms with Crippen molar-refractivity contribution in [2.45, 2.75) is 19.8 Å². The van der Waals surface area contributed by atoms with E-state index < -0.39 is 0 Å². The van der Waals surface area contributed by atoms with E-state index in [0.717, 1.165) is 11.3 Å². The van der Waals surface area contributed by atoms with Crippen molar-refractivity contribution in [3.05, 3.63) is 65.7 Å². The molecule has 0 saturated heterocycles. The quantitative estimate of drug-likeness (QED) is 0.716. The van der Waals surface area contributed by atoms with E-state index in [-0.39, 0.29) is 23.7 Å². The second-order valence-electron chi connectivity index (χ2n) is 6.41. The molecule has 2 aromatic rings. The Morgan fingerprint density at radius 3 is 2.12 bits per heavy atom. The third-order valence-corrected chi connectivity index (χ3v) is 4.17. The van der Waals surface area contributed by atoms with Gasteiger partial charge in [-0.3, -0.25) is 9.59 Å². The number of methoxy groups -OCH3 is 1. The second-order valence-corrected chi connectivity index (χ2v) is 6.41. The molecule has 0 spiro atoms. The van der Waals surface area contributed by atoms with Gasteiger partial charge in [0, 0.05) is 18.7 Å². The number of hydrogen-bond donors (Lipinski definition) is 2. The van der Waals surface area contributed by atoms with Crippen LogP contribution in [0.1, 0.15) is 35.7 Å². The molecule has 5 nitrogen and oxygen atoms in total. The molecule has 0 aliphatic rings. The highest BCUT2D eigenvalue weighted by Gasteiger charge is 2.23. The Morgan fingerprint density at radius 2 is 1.54 bits per heavy atom. The molecule has 0 aliphatic carbocycles. The van der Waals surface area contributed by atoms with Crippen molar-refractivity contribution in [3.63, 3.8) is 0 Å². The SMILES string of the molecule is COc1ccc(C(C(=O)NCCNC(=O)c2ccccc2)C(C)C)cc1. The molecule has 1 atom stereocenters. The maximum atomic E-state index is 12.6. The first-order chi connectivity index (χ1) is 12.5. The molecule has 26 heavy (non-hydrogen) atoms. The van der Waals surface area contributed by atoms with Crippen molar-refractivity contribution in [2.24, 2.45) is 5.92 Å². The van der Waals surface area contributed by atoms with Gasteiger partial charge in [0.25, 0.3) is 5.91 Å². The van der Waals surface area contributed by atoms with Crippen molar-refractivity contribution in [3.8, 4) is 5.75 Å². The van der Waals surface area contributed by atoms with Crippen LogP contribution >= 0.6 is 0 Å². The fourth-order valence-corrected chi connectivity index (χ4v) is 2.81. The van der Waals surface area contributed by atoms with Crippen molar-refractivity contribution in [2.75, 3.05) is 20.2 Å². The number of amides is 2. The van der Waals surface area contributed by atoms with Gasteiger partial charge >= 0.3 is 0 Å². The van der Waals surface area contributed by atoms with Crippen molar-refractivity contribution in [1.82, 2.24) is 10.6 Å². The molecular formula is C21H26N2O3. The molecule has 0 aromatic heterocycles. The predicted octanol–water partition coefficient (Wildman–Crippen LogP) is 2.98. The minimum absolute atomic E-state index is 0.0425. The van der Waals surface area contributed by atoms with Crippen LogP contribution in [0.25, 0.3) is 0 Å². The predicted molar refractivity (Wildman–Crippen MR) is 102 cm³/mol. The van der Waals surface area contributed by atoms with E-state index in [0.29, 0.717) is 18.7 Å². The van der Waals surface area contributed by atoms with Gasteiger partial charge in [0.05, 0.1) is 13.0 Å². The minimum atomic E-state index is -0.245. The first-order valence-electron chi connectivity index (χ1n) is 8.78. The lowest BCUT2D eigenvalue weighted by Gasteiger charge is -2.21. The van der Waals surface area contributed by atoms with E-state index in [1.165, 1.54) is 0 Å². The third kappa shape index (κ3) is 5.34. The van der Waals surface area contributed by atoms with E-state index in [1.807, 2.05) is 56.3 Å². The summed E-state index contributed by atoms with van der Waals surface area (Å²) in [6.45, 7) is 4.81. The number of ether oxygens (including phenoxy) is 1. The lowest BCUT2D eigenvalue weighted by Crippen LogP contribution is -2.38. The molecule has 5 heteroatoms. The Bertz CT molecular complexity index is 712. The fourth-order valence-electron chi connectivity index (χ4n) is 2.81. The van der Waals surface area contributed by atoms with Crippen LogP contribution in [-0.4, -0.2) is 32.0 Å². The largest absolute Gasteiger partial charge is 0.497 e. The van der Waals surface area contributed by atoms with E-state index >= 15 is 0 Å². The number of nitrogens with one attached hydrogen (secondary N) is 2. The zero-order valence-electron chi connectivity index (χ0n) is 15.5. The van der Waals surface area contributed by atoms with Gasteiger partial charge < -0.3 is 15.4 Å². The van der Waals surface area contributed by atoms with Gasteiger partial charge in [-0.05, 0) is 35.7 Å². The zero-order chi connectivity index (χ0) is 18.9. The van der Waals surface area contributed by atoms with E-state index in [9.17, 15) is 9.59 Å². The topological polar surface area (TPSA) is 67.4 Å². The number of carbonyl (C=O) groups is 2. The molecule has 138 valence electrons. The Morgan fingerprint density at radius 1 is 0.923 bits per heavy atom. The number of benzene rings is 2. The molecule has 0 heterocycles. The van der Waals surface area contributed by atoms with Gasteiger partial charge in [-0.2, -0.15) is 0 Å². The summed E-state index contributed by atoms with van der Waals surface area (Å²) in [6, 6.07) is 16.6. The molecule has 1 unspecified atom stereocenters. The van der Waals surface area contributed by atoms with Gasteiger partial charge in [-0.15, -0.1) is 0 Å². The van der Waals surface area contributed by atoms with Crippen LogP contribution in [0.5, 0.6) is 5.75 Å². The van der Waals surface area contributed by atoms with Crippen molar-refractivity contribution in [1.29, 1.82) is 0 Å². The molecule has 0 bridgehead atoms. The third-order valence-electron chi connectivity index (χ3n) is 4.17. The molecule has 2 N–H and O–H groups in total. The Kier molecular flexibility index (Phi) is 7.21. The summed E-state index contributed by atoms with van der Waals surface area (Å²) in [7, 11) is 1.62. The smallest absolute Gasteiger partial charge is 0.251 e. The summed E-state index contributed by atoms with van der Waals surface area (Å²) >= 11 is 0. The summed E-state index contributed by atoms with van der Waals surface area (Å²) in [4.78, 5) is 24.6. The molecular weight excluding hydrogens is 328 g/mol. The molecule has 0 saturated carbocycles. The van der Waals surface area contributed by atoms with Gasteiger partial charge in [0.2, 0.25) is 5.91 Å². The van der Waals surface area contributed by atoms with Crippen LogP contribution in [0.3, 0.4) is 0 Å². The maximum absolute atomic E-state index is 12.6. The first-order valence-corrected chi connectivity index (χ1v) is 8.78. The fraction of sp³-hybridized carbons (Fsp3) is 0.333. The standard InChI is InChI=1S/C21H26N2O3/c1-15(2)19(16-9-11-18(26-3)12-10-16)21(25)23-14-13-22-20(24)17-7-5-4-6-8-17/h4-12,15,19H,13-14H2,1-3H3,(H,22,24)(H,23,25). The van der Waals surface area contributed by atoms with Crippen LogP contribution in [0.2, 0.25) is 0 Å².